The maximum absolute atomic E-state index is 12.3. The molecule has 1 amide bonds. The summed E-state index contributed by atoms with van der Waals surface area (Å²) in [5, 5.41) is 18.4. The molecule has 3 aromatic heterocycles. The van der Waals surface area contributed by atoms with Crippen molar-refractivity contribution in [3.05, 3.63) is 42.3 Å². The average Bonchev–Trinajstić information content (AvgIpc) is 3.73. The molecule has 3 aromatic rings. The van der Waals surface area contributed by atoms with Gasteiger partial charge in [0, 0.05) is 37.8 Å². The number of likely N-dealkylation sites (N-methyl/N-ethyl adjacent to an activating group) is 1. The number of nitrogens with zero attached hydrogens (tertiary/aromatic N) is 5. The van der Waals surface area contributed by atoms with Crippen molar-refractivity contribution in [2.45, 2.75) is 43.2 Å². The minimum atomic E-state index is -1.68. The van der Waals surface area contributed by atoms with Crippen LogP contribution in [0.1, 0.15) is 37.9 Å². The van der Waals surface area contributed by atoms with Gasteiger partial charge in [-0.1, -0.05) is 11.2 Å². The van der Waals surface area contributed by atoms with Gasteiger partial charge >= 0.3 is 0 Å². The van der Waals surface area contributed by atoms with E-state index in [1.165, 1.54) is 30.6 Å². The Morgan fingerprint density at radius 2 is 1.84 bits per heavy atom. The molecule has 1 saturated heterocycles. The normalized spacial score (nSPS) is 24.1. The van der Waals surface area contributed by atoms with Crippen molar-refractivity contribution >= 4 is 11.9 Å². The summed E-state index contributed by atoms with van der Waals surface area (Å²) in [5.41, 5.74) is 0.942. The highest BCUT2D eigenvalue weighted by atomic mass is 16.5. The first-order valence-electron chi connectivity index (χ1n) is 11.0. The molecule has 1 unspecified atom stereocenters. The molecule has 6 rings (SSSR count). The van der Waals surface area contributed by atoms with Crippen LogP contribution in [0.4, 0.5) is 5.95 Å². The SMILES string of the molecule is CN1CCC(O)(c2cc(-c3cccc(-c4ccnc(NC5(C6CC6)CC5)n4)n3)no2)C1=O. The van der Waals surface area contributed by atoms with Crippen LogP contribution in [-0.2, 0) is 10.4 Å². The van der Waals surface area contributed by atoms with Crippen molar-refractivity contribution in [2.75, 3.05) is 18.9 Å². The van der Waals surface area contributed by atoms with E-state index in [2.05, 4.69) is 15.5 Å². The van der Waals surface area contributed by atoms with Crippen molar-refractivity contribution < 1.29 is 14.4 Å². The van der Waals surface area contributed by atoms with Crippen LogP contribution in [0, 0.1) is 5.92 Å². The van der Waals surface area contributed by atoms with Gasteiger partial charge in [0.1, 0.15) is 5.69 Å². The summed E-state index contributed by atoms with van der Waals surface area (Å²) < 4.78 is 5.36. The number of rotatable bonds is 6. The molecule has 0 bridgehead atoms. The number of anilines is 1. The molecule has 1 atom stereocenters. The number of nitrogens with one attached hydrogen (secondary N) is 1. The Morgan fingerprint density at radius 3 is 2.53 bits per heavy atom. The lowest BCUT2D eigenvalue weighted by Crippen LogP contribution is -2.35. The lowest BCUT2D eigenvalue weighted by atomic mass is 9.98. The molecule has 9 nitrogen and oxygen atoms in total. The van der Waals surface area contributed by atoms with Crippen molar-refractivity contribution in [3.8, 4) is 22.8 Å². The van der Waals surface area contributed by atoms with Crippen LogP contribution >= 0.6 is 0 Å². The van der Waals surface area contributed by atoms with Crippen LogP contribution in [0.15, 0.2) is 41.1 Å². The zero-order valence-corrected chi connectivity index (χ0v) is 17.8. The van der Waals surface area contributed by atoms with E-state index in [1.54, 1.807) is 19.3 Å². The molecular weight excluding hydrogens is 408 g/mol. The van der Waals surface area contributed by atoms with E-state index in [0.29, 0.717) is 35.3 Å². The van der Waals surface area contributed by atoms with Crippen molar-refractivity contribution in [2.24, 2.45) is 5.92 Å². The van der Waals surface area contributed by atoms with Gasteiger partial charge in [-0.05, 0) is 49.8 Å². The molecule has 3 fully saturated rings. The van der Waals surface area contributed by atoms with Gasteiger partial charge in [0.2, 0.25) is 11.5 Å². The Morgan fingerprint density at radius 1 is 1.09 bits per heavy atom. The maximum Gasteiger partial charge on any atom is 0.262 e. The maximum atomic E-state index is 12.3. The molecule has 3 aliphatic rings. The summed E-state index contributed by atoms with van der Waals surface area (Å²) in [6.45, 7) is 0.464. The molecule has 32 heavy (non-hydrogen) atoms. The van der Waals surface area contributed by atoms with Crippen LogP contribution < -0.4 is 5.32 Å². The van der Waals surface area contributed by atoms with E-state index < -0.39 is 5.60 Å². The second kappa shape index (κ2) is 6.83. The molecule has 1 aliphatic heterocycles. The third kappa shape index (κ3) is 3.15. The van der Waals surface area contributed by atoms with E-state index in [4.69, 9.17) is 14.5 Å². The Kier molecular flexibility index (Phi) is 4.13. The lowest BCUT2D eigenvalue weighted by molar-refractivity contribution is -0.144. The zero-order valence-electron chi connectivity index (χ0n) is 17.8. The first-order valence-corrected chi connectivity index (χ1v) is 11.0. The molecule has 0 aromatic carbocycles. The minimum absolute atomic E-state index is 0.136. The van der Waals surface area contributed by atoms with Gasteiger partial charge in [-0.25, -0.2) is 15.0 Å². The summed E-state index contributed by atoms with van der Waals surface area (Å²) in [7, 11) is 1.66. The van der Waals surface area contributed by atoms with Gasteiger partial charge < -0.3 is 19.8 Å². The minimum Gasteiger partial charge on any atom is -0.373 e. The quantitative estimate of drug-likeness (QED) is 0.610. The van der Waals surface area contributed by atoms with Gasteiger partial charge in [0.25, 0.3) is 5.91 Å². The predicted molar refractivity (Wildman–Crippen MR) is 115 cm³/mol. The van der Waals surface area contributed by atoms with E-state index in [1.807, 2.05) is 24.3 Å². The fraction of sp³-hybridized carbons (Fsp3) is 0.435. The van der Waals surface area contributed by atoms with Crippen LogP contribution in [0.25, 0.3) is 22.8 Å². The first-order chi connectivity index (χ1) is 15.5. The fourth-order valence-corrected chi connectivity index (χ4v) is 4.58. The van der Waals surface area contributed by atoms with E-state index in [0.717, 1.165) is 5.92 Å². The van der Waals surface area contributed by atoms with Crippen molar-refractivity contribution in [1.29, 1.82) is 0 Å². The first kappa shape index (κ1) is 19.4. The topological polar surface area (TPSA) is 117 Å². The molecule has 164 valence electrons. The molecular formula is C23H24N6O3. The highest BCUT2D eigenvalue weighted by Gasteiger charge is 2.54. The number of carbonyl (C=O) groups excluding carboxylic acids is 1. The molecule has 9 heteroatoms. The number of aromatic nitrogens is 4. The van der Waals surface area contributed by atoms with Crippen LogP contribution in [0.2, 0.25) is 0 Å². The zero-order chi connectivity index (χ0) is 21.9. The third-order valence-electron chi connectivity index (χ3n) is 6.87. The van der Waals surface area contributed by atoms with Gasteiger partial charge in [0.05, 0.1) is 17.1 Å². The van der Waals surface area contributed by atoms with E-state index >= 15 is 0 Å². The summed E-state index contributed by atoms with van der Waals surface area (Å²) >= 11 is 0. The second-order valence-corrected chi connectivity index (χ2v) is 9.14. The van der Waals surface area contributed by atoms with Gasteiger partial charge in [0.15, 0.2) is 5.76 Å². The average molecular weight is 432 g/mol. The molecule has 0 radical (unpaired) electrons. The Balaban J connectivity index is 1.27. The number of carbonyl (C=O) groups is 1. The van der Waals surface area contributed by atoms with Crippen LogP contribution in [0.5, 0.6) is 0 Å². The molecule has 2 N–H and O–H groups in total. The molecule has 2 aliphatic carbocycles. The largest absolute Gasteiger partial charge is 0.373 e. The number of hydrogen-bond donors (Lipinski definition) is 2. The summed E-state index contributed by atoms with van der Waals surface area (Å²) in [5.74, 6) is 1.13. The Bertz CT molecular complexity index is 1200. The van der Waals surface area contributed by atoms with E-state index in [-0.39, 0.29) is 23.6 Å². The van der Waals surface area contributed by atoms with Crippen molar-refractivity contribution in [3.63, 3.8) is 0 Å². The molecule has 0 spiro atoms. The van der Waals surface area contributed by atoms with Gasteiger partial charge in [-0.3, -0.25) is 4.79 Å². The number of likely N-dealkylation sites (tertiary alicyclic amines) is 1. The third-order valence-corrected chi connectivity index (χ3v) is 6.87. The lowest BCUT2D eigenvalue weighted by Gasteiger charge is -2.16. The second-order valence-electron chi connectivity index (χ2n) is 9.14. The van der Waals surface area contributed by atoms with E-state index in [9.17, 15) is 9.90 Å². The Hall–Kier alpha value is -3.33. The Labute approximate surface area is 184 Å². The molecule has 2 saturated carbocycles. The number of pyridine rings is 1. The highest BCUT2D eigenvalue weighted by Crippen LogP contribution is 2.55. The highest BCUT2D eigenvalue weighted by molar-refractivity contribution is 5.87. The van der Waals surface area contributed by atoms with Crippen LogP contribution in [0.3, 0.4) is 0 Å². The smallest absolute Gasteiger partial charge is 0.262 e. The molecule has 4 heterocycles. The number of amides is 1. The van der Waals surface area contributed by atoms with Crippen molar-refractivity contribution in [1.82, 2.24) is 25.0 Å². The number of hydrogen-bond acceptors (Lipinski definition) is 8. The summed E-state index contributed by atoms with van der Waals surface area (Å²) in [6.07, 6.45) is 6.94. The van der Waals surface area contributed by atoms with Gasteiger partial charge in [-0.15, -0.1) is 0 Å². The van der Waals surface area contributed by atoms with Crippen LogP contribution in [-0.4, -0.2) is 55.2 Å². The fourth-order valence-electron chi connectivity index (χ4n) is 4.58. The standard InChI is InChI=1S/C23H24N6O3/c1-29-12-10-23(31,20(29)30)19-13-18(28-32-19)16-4-2-3-15(25-16)17-7-11-24-21(26-17)27-22(8-9-22)14-5-6-14/h2-4,7,11,13-14,31H,5-6,8-10,12H2,1H3,(H,24,26,27). The van der Waals surface area contributed by atoms with Gasteiger partial charge in [-0.2, -0.15) is 0 Å². The summed E-state index contributed by atoms with van der Waals surface area (Å²) in [6, 6.07) is 8.98. The summed E-state index contributed by atoms with van der Waals surface area (Å²) in [4.78, 5) is 27.6. The predicted octanol–water partition coefficient (Wildman–Crippen LogP) is 2.60. The number of aliphatic hydroxyl groups is 1. The monoisotopic (exact) mass is 432 g/mol.